The number of carbonyl (C=O) groups is 1. The van der Waals surface area contributed by atoms with Gasteiger partial charge in [-0.1, -0.05) is 6.07 Å². The third-order valence-corrected chi connectivity index (χ3v) is 4.52. The number of benzene rings is 1. The van der Waals surface area contributed by atoms with Crippen LogP contribution in [0.2, 0.25) is 0 Å². The van der Waals surface area contributed by atoms with E-state index in [0.717, 1.165) is 11.4 Å². The van der Waals surface area contributed by atoms with Gasteiger partial charge in [-0.15, -0.1) is 0 Å². The summed E-state index contributed by atoms with van der Waals surface area (Å²) in [5, 5.41) is 11.1. The average Bonchev–Trinajstić information content (AvgIpc) is 2.71. The fraction of sp³-hybridized carbons (Fsp3) is 0.400. The van der Waals surface area contributed by atoms with Gasteiger partial charge in [-0.2, -0.15) is 0 Å². The van der Waals surface area contributed by atoms with Crippen LogP contribution in [0.25, 0.3) is 0 Å². The van der Waals surface area contributed by atoms with Gasteiger partial charge in [-0.25, -0.2) is 4.79 Å². The standard InChI is InChI=1S/C20H23N3O5/c1-15-4-2-5-16(21-15)6-3-11-28-20(24)18-14-17(23(25)26)7-8-19(18)22-9-12-27-13-10-22/h2,4-5,7-8,14H,3,6,9-13H2,1H3. The molecule has 8 heteroatoms. The Morgan fingerprint density at radius 3 is 2.79 bits per heavy atom. The fourth-order valence-corrected chi connectivity index (χ4v) is 3.12. The molecule has 0 unspecified atom stereocenters. The van der Waals surface area contributed by atoms with Gasteiger partial charge in [0.25, 0.3) is 5.69 Å². The predicted octanol–water partition coefficient (Wildman–Crippen LogP) is 2.92. The van der Waals surface area contributed by atoms with Gasteiger partial charge >= 0.3 is 5.97 Å². The summed E-state index contributed by atoms with van der Waals surface area (Å²) in [6.45, 7) is 4.50. The first-order valence-corrected chi connectivity index (χ1v) is 9.25. The minimum absolute atomic E-state index is 0.132. The number of nitrogens with zero attached hydrogens (tertiary/aromatic N) is 3. The number of rotatable bonds is 7. The lowest BCUT2D eigenvalue weighted by Crippen LogP contribution is -2.37. The normalized spacial score (nSPS) is 14.0. The van der Waals surface area contributed by atoms with E-state index in [1.165, 1.54) is 12.1 Å². The highest BCUT2D eigenvalue weighted by Gasteiger charge is 2.23. The fourth-order valence-electron chi connectivity index (χ4n) is 3.12. The third kappa shape index (κ3) is 5.04. The minimum atomic E-state index is -0.553. The van der Waals surface area contributed by atoms with E-state index in [4.69, 9.17) is 9.47 Å². The second-order valence-corrected chi connectivity index (χ2v) is 6.57. The first-order chi connectivity index (χ1) is 13.5. The maximum atomic E-state index is 12.6. The highest BCUT2D eigenvalue weighted by molar-refractivity contribution is 5.96. The highest BCUT2D eigenvalue weighted by atomic mass is 16.6. The van der Waals surface area contributed by atoms with Crippen LogP contribution in [0.3, 0.4) is 0 Å². The number of hydrogen-bond acceptors (Lipinski definition) is 7. The third-order valence-electron chi connectivity index (χ3n) is 4.52. The molecule has 1 aromatic carbocycles. The number of aromatic nitrogens is 1. The Morgan fingerprint density at radius 2 is 2.07 bits per heavy atom. The molecule has 2 heterocycles. The molecule has 0 spiro atoms. The van der Waals surface area contributed by atoms with Gasteiger partial charge in [0.1, 0.15) is 0 Å². The van der Waals surface area contributed by atoms with E-state index < -0.39 is 10.9 Å². The Balaban J connectivity index is 1.66. The predicted molar refractivity (Wildman–Crippen MR) is 104 cm³/mol. The number of pyridine rings is 1. The lowest BCUT2D eigenvalue weighted by molar-refractivity contribution is -0.384. The van der Waals surface area contributed by atoms with Crippen molar-refractivity contribution in [2.24, 2.45) is 0 Å². The first-order valence-electron chi connectivity index (χ1n) is 9.25. The van der Waals surface area contributed by atoms with Crippen molar-refractivity contribution in [1.29, 1.82) is 0 Å². The van der Waals surface area contributed by atoms with Gasteiger partial charge in [0.2, 0.25) is 0 Å². The lowest BCUT2D eigenvalue weighted by Gasteiger charge is -2.30. The SMILES string of the molecule is Cc1cccc(CCCOC(=O)c2cc([N+](=O)[O-])ccc2N2CCOCC2)n1. The van der Waals surface area contributed by atoms with E-state index in [1.807, 2.05) is 30.0 Å². The molecule has 1 fully saturated rings. The summed E-state index contributed by atoms with van der Waals surface area (Å²) < 4.78 is 10.7. The van der Waals surface area contributed by atoms with Gasteiger partial charge < -0.3 is 14.4 Å². The van der Waals surface area contributed by atoms with Crippen molar-refractivity contribution in [2.75, 3.05) is 37.8 Å². The average molecular weight is 385 g/mol. The van der Waals surface area contributed by atoms with Crippen molar-refractivity contribution in [2.45, 2.75) is 19.8 Å². The first kappa shape index (κ1) is 19.8. The van der Waals surface area contributed by atoms with E-state index in [1.54, 1.807) is 6.07 Å². The molecule has 0 N–H and O–H groups in total. The van der Waals surface area contributed by atoms with Crippen molar-refractivity contribution in [3.8, 4) is 0 Å². The second-order valence-electron chi connectivity index (χ2n) is 6.57. The zero-order valence-corrected chi connectivity index (χ0v) is 15.8. The Bertz CT molecular complexity index is 849. The molecule has 8 nitrogen and oxygen atoms in total. The maximum absolute atomic E-state index is 12.6. The Morgan fingerprint density at radius 1 is 1.29 bits per heavy atom. The van der Waals surface area contributed by atoms with E-state index in [-0.39, 0.29) is 17.9 Å². The molecule has 0 atom stereocenters. The van der Waals surface area contributed by atoms with E-state index in [2.05, 4.69) is 4.98 Å². The van der Waals surface area contributed by atoms with Gasteiger partial charge in [0, 0.05) is 36.6 Å². The van der Waals surface area contributed by atoms with Gasteiger partial charge in [0.05, 0.1) is 36.0 Å². The van der Waals surface area contributed by atoms with Crippen LogP contribution in [0.1, 0.15) is 28.2 Å². The summed E-state index contributed by atoms with van der Waals surface area (Å²) in [6.07, 6.45) is 1.32. The molecule has 0 aliphatic carbocycles. The molecule has 1 aliphatic rings. The number of esters is 1. The van der Waals surface area contributed by atoms with E-state index in [0.29, 0.717) is 44.8 Å². The van der Waals surface area contributed by atoms with Gasteiger partial charge in [-0.3, -0.25) is 15.1 Å². The smallest absolute Gasteiger partial charge is 0.340 e. The number of ether oxygens (including phenoxy) is 2. The summed E-state index contributed by atoms with van der Waals surface area (Å²) in [7, 11) is 0. The van der Waals surface area contributed by atoms with Crippen molar-refractivity contribution in [1.82, 2.24) is 4.98 Å². The largest absolute Gasteiger partial charge is 0.462 e. The topological polar surface area (TPSA) is 94.8 Å². The maximum Gasteiger partial charge on any atom is 0.340 e. The van der Waals surface area contributed by atoms with Crippen LogP contribution >= 0.6 is 0 Å². The van der Waals surface area contributed by atoms with Crippen LogP contribution in [0.15, 0.2) is 36.4 Å². The summed E-state index contributed by atoms with van der Waals surface area (Å²) in [5.74, 6) is -0.553. The van der Waals surface area contributed by atoms with E-state index >= 15 is 0 Å². The zero-order chi connectivity index (χ0) is 19.9. The van der Waals surface area contributed by atoms with E-state index in [9.17, 15) is 14.9 Å². The molecule has 0 saturated carbocycles. The molecule has 148 valence electrons. The van der Waals surface area contributed by atoms with Crippen molar-refractivity contribution in [3.63, 3.8) is 0 Å². The van der Waals surface area contributed by atoms with Gasteiger partial charge in [-0.05, 0) is 38.0 Å². The van der Waals surface area contributed by atoms with Crippen LogP contribution in [-0.2, 0) is 15.9 Å². The summed E-state index contributed by atoms with van der Waals surface area (Å²) in [4.78, 5) is 29.6. The molecule has 2 aromatic rings. The van der Waals surface area contributed by atoms with Crippen LogP contribution in [0.4, 0.5) is 11.4 Å². The number of morpholine rings is 1. The molecule has 1 aromatic heterocycles. The molecule has 3 rings (SSSR count). The van der Waals surface area contributed by atoms with Crippen molar-refractivity contribution >= 4 is 17.3 Å². The van der Waals surface area contributed by atoms with Crippen LogP contribution < -0.4 is 4.90 Å². The Hall–Kier alpha value is -3.00. The lowest BCUT2D eigenvalue weighted by atomic mass is 10.1. The Kier molecular flexibility index (Phi) is 6.54. The Labute approximate surface area is 163 Å². The molecule has 0 bridgehead atoms. The number of non-ortho nitro benzene ring substituents is 1. The van der Waals surface area contributed by atoms with Crippen molar-refractivity contribution in [3.05, 3.63) is 63.5 Å². The van der Waals surface area contributed by atoms with Crippen molar-refractivity contribution < 1.29 is 19.2 Å². The van der Waals surface area contributed by atoms with Crippen LogP contribution in [0, 0.1) is 17.0 Å². The number of carbonyl (C=O) groups excluding carboxylic acids is 1. The summed E-state index contributed by atoms with van der Waals surface area (Å²) >= 11 is 0. The number of hydrogen-bond donors (Lipinski definition) is 0. The molecule has 1 aliphatic heterocycles. The second kappa shape index (κ2) is 9.27. The minimum Gasteiger partial charge on any atom is -0.462 e. The number of aryl methyl sites for hydroxylation is 2. The quantitative estimate of drug-likeness (QED) is 0.313. The number of nitro benzene ring substituents is 1. The van der Waals surface area contributed by atoms with Gasteiger partial charge in [0.15, 0.2) is 0 Å². The zero-order valence-electron chi connectivity index (χ0n) is 15.8. The molecule has 0 amide bonds. The molecule has 1 saturated heterocycles. The number of anilines is 1. The molecule has 28 heavy (non-hydrogen) atoms. The highest BCUT2D eigenvalue weighted by Crippen LogP contribution is 2.27. The molecule has 0 radical (unpaired) electrons. The van der Waals surface area contributed by atoms with Crippen LogP contribution in [-0.4, -0.2) is 48.8 Å². The molecular formula is C20H23N3O5. The van der Waals surface area contributed by atoms with Crippen LogP contribution in [0.5, 0.6) is 0 Å². The number of nitro groups is 1. The monoisotopic (exact) mass is 385 g/mol. The summed E-state index contributed by atoms with van der Waals surface area (Å²) in [5.41, 5.74) is 2.61. The molecular weight excluding hydrogens is 362 g/mol. The summed E-state index contributed by atoms with van der Waals surface area (Å²) in [6, 6.07) is 10.1.